The van der Waals surface area contributed by atoms with Crippen molar-refractivity contribution in [2.24, 2.45) is 5.92 Å². The van der Waals surface area contributed by atoms with Gasteiger partial charge in [-0.15, -0.1) is 0 Å². The largest absolute Gasteiger partial charge is 0.453 e. The zero-order valence-corrected chi connectivity index (χ0v) is 28.8. The normalized spacial score (nSPS) is 19.0. The van der Waals surface area contributed by atoms with E-state index >= 15 is 0 Å². The lowest BCUT2D eigenvalue weighted by molar-refractivity contribution is -0.135. The number of nitrogens with zero attached hydrogens (tertiary/aromatic N) is 3. The number of carbonyl (C=O) groups excluding carboxylic acids is 2. The van der Waals surface area contributed by atoms with Crippen LogP contribution >= 0.6 is 0 Å². The minimum absolute atomic E-state index is 0. The van der Waals surface area contributed by atoms with Crippen LogP contribution < -0.4 is 10.6 Å². The Bertz CT molecular complexity index is 2240. The molecule has 2 fully saturated rings. The molecule has 4 N–H and O–H groups in total. The van der Waals surface area contributed by atoms with E-state index in [-0.39, 0.29) is 23.6 Å². The third-order valence-electron chi connectivity index (χ3n) is 10.7. The van der Waals surface area contributed by atoms with Crippen molar-refractivity contribution in [1.29, 1.82) is 0 Å². The molecular weight excluding hydrogens is 626 g/mol. The Balaban J connectivity index is 0.00000162. The van der Waals surface area contributed by atoms with Gasteiger partial charge in [0.25, 0.3) is 0 Å². The lowest BCUT2D eigenvalue weighted by Crippen LogP contribution is -2.51. The Kier molecular flexibility index (Phi) is 8.48. The molecule has 8 rings (SSSR count). The Morgan fingerprint density at radius 2 is 1.46 bits per heavy atom. The smallest absolute Gasteiger partial charge is 0.407 e. The molecule has 1 unspecified atom stereocenters. The van der Waals surface area contributed by atoms with E-state index in [1.807, 2.05) is 24.8 Å². The first-order chi connectivity index (χ1) is 24.4. The second-order valence-corrected chi connectivity index (χ2v) is 13.8. The van der Waals surface area contributed by atoms with Crippen molar-refractivity contribution in [3.63, 3.8) is 0 Å². The zero-order chi connectivity index (χ0) is 34.4. The highest BCUT2D eigenvalue weighted by molar-refractivity contribution is 5.93. The summed E-state index contributed by atoms with van der Waals surface area (Å²) in [5, 5.41) is 8.65. The summed E-state index contributed by atoms with van der Waals surface area (Å²) in [6.45, 7) is 5.66. The lowest BCUT2D eigenvalue weighted by atomic mass is 9.97. The van der Waals surface area contributed by atoms with Crippen LogP contribution in [0.15, 0.2) is 72.8 Å². The average molecular weight is 678 g/mol. The number of benzene rings is 4. The third-order valence-corrected chi connectivity index (χ3v) is 10.7. The van der Waals surface area contributed by atoms with Crippen LogP contribution in [0.4, 0.5) is 4.79 Å². The molecule has 0 radical (unpaired) electrons. The fourth-order valence-corrected chi connectivity index (χ4v) is 7.63. The first-order valence-corrected chi connectivity index (χ1v) is 17.8. The SMILES string of the molecule is CCC(C)[C@H](NC(=O)OC)C(=O)N1CCC[C@H]1c1nc2ccc(-c3ccc4cc(-c5ccc6nc([C@@H]7CCCN7)[nH]c6c5)ccc4c3)cc2[nH]1.[HH].[HH].[HH].[HH]. The molecule has 4 heterocycles. The Morgan fingerprint density at radius 3 is 2.06 bits per heavy atom. The van der Waals surface area contributed by atoms with Crippen molar-refractivity contribution in [3.05, 3.63) is 84.4 Å². The van der Waals surface area contributed by atoms with Crippen molar-refractivity contribution < 1.29 is 20.0 Å². The quantitative estimate of drug-likeness (QED) is 0.128. The molecule has 0 aliphatic carbocycles. The summed E-state index contributed by atoms with van der Waals surface area (Å²) in [7, 11) is 1.32. The van der Waals surface area contributed by atoms with Crippen LogP contribution in [0, 0.1) is 5.92 Å². The van der Waals surface area contributed by atoms with Gasteiger partial charge in [0.1, 0.15) is 17.7 Å². The number of hydrogen-bond acceptors (Lipinski definition) is 6. The molecule has 10 heteroatoms. The predicted octanol–water partition coefficient (Wildman–Crippen LogP) is 8.77. The van der Waals surface area contributed by atoms with Crippen LogP contribution in [-0.2, 0) is 9.53 Å². The molecule has 0 saturated carbocycles. The number of likely N-dealkylation sites (tertiary alicyclic amines) is 1. The summed E-state index contributed by atoms with van der Waals surface area (Å²) in [6.07, 6.45) is 4.15. The molecule has 10 nitrogen and oxygen atoms in total. The number of hydrogen-bond donors (Lipinski definition) is 4. The van der Waals surface area contributed by atoms with E-state index in [0.717, 1.165) is 82.6 Å². The predicted molar refractivity (Wildman–Crippen MR) is 205 cm³/mol. The monoisotopic (exact) mass is 677 g/mol. The molecular formula is C40H51N7O3. The van der Waals surface area contributed by atoms with Crippen LogP contribution in [-0.4, -0.2) is 63.1 Å². The van der Waals surface area contributed by atoms with Crippen LogP contribution in [0.2, 0.25) is 0 Å². The Morgan fingerprint density at radius 1 is 0.860 bits per heavy atom. The number of aromatic nitrogens is 4. The molecule has 50 heavy (non-hydrogen) atoms. The number of ether oxygens (including phenoxy) is 1. The van der Waals surface area contributed by atoms with E-state index in [2.05, 4.69) is 87.3 Å². The van der Waals surface area contributed by atoms with Gasteiger partial charge in [-0.05, 0) is 108 Å². The van der Waals surface area contributed by atoms with Gasteiger partial charge < -0.3 is 30.2 Å². The highest BCUT2D eigenvalue weighted by atomic mass is 16.5. The fraction of sp³-hybridized carbons (Fsp3) is 0.350. The van der Waals surface area contributed by atoms with Crippen LogP contribution in [0.1, 0.15) is 75.4 Å². The highest BCUT2D eigenvalue weighted by Crippen LogP contribution is 2.35. The van der Waals surface area contributed by atoms with Gasteiger partial charge in [-0.2, -0.15) is 0 Å². The summed E-state index contributed by atoms with van der Waals surface area (Å²) in [5.74, 6) is 1.67. The molecule has 2 amide bonds. The second-order valence-electron chi connectivity index (χ2n) is 13.8. The Labute approximate surface area is 297 Å². The molecule has 2 aromatic heterocycles. The number of alkyl carbamates (subject to hydrolysis) is 1. The summed E-state index contributed by atoms with van der Waals surface area (Å²) >= 11 is 0. The van der Waals surface area contributed by atoms with Gasteiger partial charge in [0.2, 0.25) is 5.91 Å². The lowest BCUT2D eigenvalue weighted by Gasteiger charge is -2.30. The number of carbonyl (C=O) groups is 2. The topological polar surface area (TPSA) is 128 Å². The number of fused-ring (bicyclic) bond motifs is 3. The third kappa shape index (κ3) is 5.98. The minimum atomic E-state index is -0.653. The maximum atomic E-state index is 13.8. The second kappa shape index (κ2) is 13.2. The van der Waals surface area contributed by atoms with Crippen molar-refractivity contribution in [2.75, 3.05) is 20.2 Å². The Hall–Kier alpha value is -5.22. The van der Waals surface area contributed by atoms with E-state index in [1.54, 1.807) is 0 Å². The van der Waals surface area contributed by atoms with Gasteiger partial charge in [0.05, 0.1) is 41.3 Å². The number of aromatic amines is 2. The molecule has 2 saturated heterocycles. The molecule has 2 aliphatic rings. The van der Waals surface area contributed by atoms with Crippen molar-refractivity contribution >= 4 is 44.8 Å². The van der Waals surface area contributed by atoms with Gasteiger partial charge >= 0.3 is 6.09 Å². The van der Waals surface area contributed by atoms with Crippen molar-refractivity contribution in [2.45, 2.75) is 64.1 Å². The van der Waals surface area contributed by atoms with E-state index < -0.39 is 12.1 Å². The number of imidazole rings is 2. The fourth-order valence-electron chi connectivity index (χ4n) is 7.63. The molecule has 264 valence electrons. The van der Waals surface area contributed by atoms with E-state index in [0.29, 0.717) is 12.6 Å². The summed E-state index contributed by atoms with van der Waals surface area (Å²) in [5.41, 5.74) is 8.41. The minimum Gasteiger partial charge on any atom is -0.453 e. The molecule has 4 aromatic carbocycles. The van der Waals surface area contributed by atoms with Crippen LogP contribution in [0.25, 0.3) is 55.1 Å². The van der Waals surface area contributed by atoms with Gasteiger partial charge in [0.15, 0.2) is 0 Å². The van der Waals surface area contributed by atoms with Gasteiger partial charge in [-0.25, -0.2) is 14.8 Å². The van der Waals surface area contributed by atoms with Crippen molar-refractivity contribution in [1.82, 2.24) is 35.5 Å². The number of H-pyrrole nitrogens is 2. The van der Waals surface area contributed by atoms with E-state index in [1.165, 1.54) is 29.9 Å². The average Bonchev–Trinajstić information content (AvgIpc) is 3.98. The molecule has 4 atom stereocenters. The molecule has 0 spiro atoms. The van der Waals surface area contributed by atoms with E-state index in [9.17, 15) is 9.59 Å². The number of amides is 2. The zero-order valence-electron chi connectivity index (χ0n) is 28.8. The highest BCUT2D eigenvalue weighted by Gasteiger charge is 2.38. The van der Waals surface area contributed by atoms with Crippen LogP contribution in [0.3, 0.4) is 0 Å². The summed E-state index contributed by atoms with van der Waals surface area (Å²) in [6, 6.07) is 25.5. The maximum absolute atomic E-state index is 13.8. The molecule has 0 bridgehead atoms. The first-order valence-electron chi connectivity index (χ1n) is 17.8. The number of nitrogens with one attached hydrogen (secondary N) is 4. The number of rotatable bonds is 8. The van der Waals surface area contributed by atoms with Gasteiger partial charge in [-0.1, -0.05) is 56.7 Å². The van der Waals surface area contributed by atoms with Gasteiger partial charge in [0, 0.05) is 12.3 Å². The molecule has 6 aromatic rings. The van der Waals surface area contributed by atoms with E-state index in [4.69, 9.17) is 14.7 Å². The standard InChI is InChI=1S/C40H43N7O3.4H2/c1-4-23(2)36(46-40(49)50-3)39(48)47-18-6-8-35(47)38-43-31-16-14-29(22-34(31)45-38)27-12-10-24-19-26(11-9-25(24)20-27)28-13-15-30-33(21-28)44-37(42-30)32-7-5-17-41-32;;;;/h9-16,19-23,32,35-36,41H,4-8,17-18H2,1-3H3,(H,42,44)(H,43,45)(H,46,49);4*1H/t23?,32-,35-,36-;;;;/m0..../s1. The summed E-state index contributed by atoms with van der Waals surface area (Å²) < 4.78 is 4.82. The summed E-state index contributed by atoms with van der Waals surface area (Å²) in [4.78, 5) is 44.5. The number of methoxy groups -OCH3 is 1. The van der Waals surface area contributed by atoms with Gasteiger partial charge in [-0.3, -0.25) is 4.79 Å². The first kappa shape index (κ1) is 32.0. The molecule has 2 aliphatic heterocycles. The van der Waals surface area contributed by atoms with Crippen molar-refractivity contribution in [3.8, 4) is 22.3 Å². The maximum Gasteiger partial charge on any atom is 0.407 e. The van der Waals surface area contributed by atoms with Crippen LogP contribution in [0.5, 0.6) is 0 Å².